The second-order valence-electron chi connectivity index (χ2n) is 8.22. The van der Waals surface area contributed by atoms with Gasteiger partial charge in [-0.05, 0) is 53.0 Å². The first kappa shape index (κ1) is 25.4. The quantitative estimate of drug-likeness (QED) is 0.388. The number of hydrogen-bond donors (Lipinski definition) is 2. The average Bonchev–Trinajstić information content (AvgIpc) is 3.45. The van der Waals surface area contributed by atoms with Gasteiger partial charge < -0.3 is 10.6 Å². The summed E-state index contributed by atoms with van der Waals surface area (Å²) in [5, 5.41) is 18.9. The lowest BCUT2D eigenvalue weighted by Crippen LogP contribution is -2.35. The minimum absolute atomic E-state index is 0.0714. The van der Waals surface area contributed by atoms with E-state index in [1.54, 1.807) is 17.8 Å². The number of carbonyl (C=O) groups is 2. The smallest absolute Gasteiger partial charge is 0.254 e. The van der Waals surface area contributed by atoms with Gasteiger partial charge in [-0.1, -0.05) is 17.3 Å². The van der Waals surface area contributed by atoms with E-state index in [4.69, 9.17) is 16.9 Å². The average molecular weight is 542 g/mol. The Bertz CT molecular complexity index is 1510. The van der Waals surface area contributed by atoms with Crippen molar-refractivity contribution in [1.29, 1.82) is 5.26 Å². The fraction of sp³-hybridized carbons (Fsp3) is 0.227. The van der Waals surface area contributed by atoms with Gasteiger partial charge in [-0.25, -0.2) is 18.4 Å². The molecular formula is C22H20ClN7O4SSi. The topological polar surface area (TPSA) is 160 Å². The Morgan fingerprint density at radius 1 is 1.22 bits per heavy atom. The molecule has 1 aliphatic carbocycles. The number of hydrogen-bond acceptors (Lipinski definition) is 8. The predicted molar refractivity (Wildman–Crippen MR) is 134 cm³/mol. The Morgan fingerprint density at radius 3 is 2.56 bits per heavy atom. The van der Waals surface area contributed by atoms with Crippen molar-refractivity contribution in [3.63, 3.8) is 0 Å². The Balaban J connectivity index is 1.54. The number of benzene rings is 1. The van der Waals surface area contributed by atoms with Crippen LogP contribution in [0.25, 0.3) is 5.82 Å². The molecule has 4 rings (SSSR count). The van der Waals surface area contributed by atoms with Gasteiger partial charge in [-0.2, -0.15) is 15.0 Å². The Kier molecular flexibility index (Phi) is 6.85. The normalized spacial score (nSPS) is 14.8. The molecule has 0 spiro atoms. The van der Waals surface area contributed by atoms with Crippen LogP contribution >= 0.6 is 11.6 Å². The lowest BCUT2D eigenvalue weighted by Gasteiger charge is -2.16. The molecule has 36 heavy (non-hydrogen) atoms. The lowest BCUT2D eigenvalue weighted by atomic mass is 10.2. The number of rotatable bonds is 8. The van der Waals surface area contributed by atoms with Crippen LogP contribution in [0.1, 0.15) is 45.4 Å². The summed E-state index contributed by atoms with van der Waals surface area (Å²) in [7, 11) is -2.08. The van der Waals surface area contributed by atoms with E-state index in [0.717, 1.165) is 6.26 Å². The first-order valence-corrected chi connectivity index (χ1v) is 13.7. The van der Waals surface area contributed by atoms with Gasteiger partial charge >= 0.3 is 0 Å². The molecule has 1 fully saturated rings. The van der Waals surface area contributed by atoms with Crippen molar-refractivity contribution in [3.8, 4) is 11.9 Å². The molecule has 184 valence electrons. The van der Waals surface area contributed by atoms with E-state index in [-0.39, 0.29) is 21.0 Å². The molecule has 0 aliphatic heterocycles. The van der Waals surface area contributed by atoms with Gasteiger partial charge in [0.05, 0.1) is 16.5 Å². The van der Waals surface area contributed by atoms with Gasteiger partial charge in [0, 0.05) is 23.0 Å². The highest BCUT2D eigenvalue weighted by Crippen LogP contribution is 2.34. The van der Waals surface area contributed by atoms with Crippen molar-refractivity contribution in [2.75, 3.05) is 6.26 Å². The summed E-state index contributed by atoms with van der Waals surface area (Å²) in [4.78, 5) is 33.8. The summed E-state index contributed by atoms with van der Waals surface area (Å²) < 4.78 is 25.2. The van der Waals surface area contributed by atoms with Crippen LogP contribution in [-0.2, 0) is 9.84 Å². The molecule has 0 bridgehead atoms. The summed E-state index contributed by atoms with van der Waals surface area (Å²) in [5.74, 6) is -0.256. The van der Waals surface area contributed by atoms with Crippen LogP contribution in [0.3, 0.4) is 0 Å². The zero-order chi connectivity index (χ0) is 26.1. The van der Waals surface area contributed by atoms with Crippen LogP contribution in [0.5, 0.6) is 0 Å². The fourth-order valence-electron chi connectivity index (χ4n) is 3.33. The highest BCUT2D eigenvalue weighted by atomic mass is 35.5. The Labute approximate surface area is 214 Å². The largest absolute Gasteiger partial charge is 0.339 e. The van der Waals surface area contributed by atoms with Crippen LogP contribution in [0.15, 0.2) is 47.8 Å². The minimum Gasteiger partial charge on any atom is -0.339 e. The number of sulfone groups is 1. The van der Waals surface area contributed by atoms with Crippen molar-refractivity contribution >= 4 is 48.8 Å². The minimum atomic E-state index is -3.57. The zero-order valence-electron chi connectivity index (χ0n) is 19.0. The van der Waals surface area contributed by atoms with Crippen molar-refractivity contribution < 1.29 is 18.0 Å². The van der Waals surface area contributed by atoms with Gasteiger partial charge in [0.15, 0.2) is 21.5 Å². The van der Waals surface area contributed by atoms with Crippen molar-refractivity contribution in [3.05, 3.63) is 64.8 Å². The number of carbonyl (C=O) groups excluding carboxylic acids is 2. The Morgan fingerprint density at radius 2 is 1.97 bits per heavy atom. The number of pyridine rings is 1. The summed E-state index contributed by atoms with van der Waals surface area (Å²) in [6.07, 6.45) is 4.94. The monoisotopic (exact) mass is 541 g/mol. The van der Waals surface area contributed by atoms with Gasteiger partial charge in [0.1, 0.15) is 17.9 Å². The molecule has 1 atom stereocenters. The molecule has 11 nitrogen and oxygen atoms in total. The summed E-state index contributed by atoms with van der Waals surface area (Å²) in [5.41, 5.74) is 1.28. The number of nitriles is 1. The van der Waals surface area contributed by atoms with Crippen LogP contribution in [0, 0.1) is 11.3 Å². The van der Waals surface area contributed by atoms with Crippen LogP contribution in [0.4, 0.5) is 0 Å². The Hall–Kier alpha value is -3.73. The van der Waals surface area contributed by atoms with Gasteiger partial charge in [0.2, 0.25) is 0 Å². The third kappa shape index (κ3) is 5.40. The summed E-state index contributed by atoms with van der Waals surface area (Å²) >= 11 is 6.03. The standard InChI is InChI=1S/C22H20ClN7O4SSi/c1-35(33,34)16-7-14(6-15(23)8-16)20(31)28-17(10-36)19-26-12-27-30(19)18-3-2-13(9-25-18)21(32)29-22(11-24)4-5-22/h2-3,6-10,12,17H,4-5,36H2,1H3,(H,28,31)(H,29,32). The number of aromatic nitrogens is 4. The third-order valence-electron chi connectivity index (χ3n) is 5.48. The summed E-state index contributed by atoms with van der Waals surface area (Å²) in [6.45, 7) is 0. The van der Waals surface area contributed by atoms with Gasteiger partial charge in [-0.15, -0.1) is 0 Å². The second-order valence-corrected chi connectivity index (χ2v) is 11.1. The first-order chi connectivity index (χ1) is 17.0. The number of nitrogens with zero attached hydrogens (tertiary/aromatic N) is 5. The molecule has 0 radical (unpaired) electrons. The number of amides is 2. The molecule has 2 N–H and O–H groups in total. The third-order valence-corrected chi connectivity index (χ3v) is 7.26. The molecule has 1 unspecified atom stereocenters. The van der Waals surface area contributed by atoms with E-state index in [0.29, 0.717) is 24.5 Å². The maximum atomic E-state index is 12.9. The van der Waals surface area contributed by atoms with Crippen LogP contribution < -0.4 is 10.6 Å². The van der Waals surface area contributed by atoms with Crippen LogP contribution in [0.2, 0.25) is 5.02 Å². The zero-order valence-corrected chi connectivity index (χ0v) is 22.0. The molecule has 1 saturated carbocycles. The van der Waals surface area contributed by atoms with Gasteiger partial charge in [0.25, 0.3) is 11.8 Å². The van der Waals surface area contributed by atoms with E-state index < -0.39 is 33.2 Å². The molecule has 2 amide bonds. The molecule has 3 aromatic rings. The molecule has 1 aliphatic rings. The van der Waals surface area contributed by atoms with E-state index >= 15 is 0 Å². The fourth-order valence-corrected chi connectivity index (χ4v) is 4.64. The maximum absolute atomic E-state index is 12.9. The maximum Gasteiger partial charge on any atom is 0.254 e. The van der Waals surface area contributed by atoms with E-state index in [2.05, 4.69) is 31.8 Å². The molecule has 2 heterocycles. The molecule has 1 aromatic carbocycles. The summed E-state index contributed by atoms with van der Waals surface area (Å²) in [6, 6.07) is 8.43. The molecule has 0 saturated heterocycles. The SMILES string of the molecule is CS(=O)(=O)c1cc(Cl)cc(C(=O)NC(C=[SiH2])c2ncnn2-c2ccc(C(=O)NC3(C#N)CC3)cn2)c1. The second kappa shape index (κ2) is 9.73. The van der Waals surface area contributed by atoms with Crippen molar-refractivity contribution in [2.24, 2.45) is 0 Å². The van der Waals surface area contributed by atoms with Crippen LogP contribution in [-0.4, -0.2) is 67.3 Å². The van der Waals surface area contributed by atoms with E-state index in [1.165, 1.54) is 45.3 Å². The number of nitrogens with one attached hydrogen (secondary N) is 2. The highest BCUT2D eigenvalue weighted by Gasteiger charge is 2.44. The predicted octanol–water partition coefficient (Wildman–Crippen LogP) is 0.412. The number of halogens is 1. The molecule has 14 heteroatoms. The highest BCUT2D eigenvalue weighted by molar-refractivity contribution is 7.90. The molecule has 2 aromatic heterocycles. The van der Waals surface area contributed by atoms with Crippen molar-refractivity contribution in [2.45, 2.75) is 29.3 Å². The lowest BCUT2D eigenvalue weighted by molar-refractivity contribution is 0.0934. The molecular weight excluding hydrogens is 522 g/mol. The van der Waals surface area contributed by atoms with Crippen molar-refractivity contribution in [1.82, 2.24) is 30.4 Å². The van der Waals surface area contributed by atoms with E-state index in [1.807, 2.05) is 0 Å². The van der Waals surface area contributed by atoms with E-state index in [9.17, 15) is 18.0 Å². The first-order valence-electron chi connectivity index (χ1n) is 10.6. The van der Waals surface area contributed by atoms with Gasteiger partial charge in [-0.3, -0.25) is 9.59 Å².